The lowest BCUT2D eigenvalue weighted by atomic mass is 10.1. The number of hydrogen-bond acceptors (Lipinski definition) is 3. The van der Waals surface area contributed by atoms with Gasteiger partial charge < -0.3 is 5.32 Å². The normalized spacial score (nSPS) is 11.3. The molecule has 2 aromatic rings. The summed E-state index contributed by atoms with van der Waals surface area (Å²) in [4.78, 5) is 11.8. The van der Waals surface area contributed by atoms with Crippen molar-refractivity contribution < 1.29 is 17.6 Å². The summed E-state index contributed by atoms with van der Waals surface area (Å²) in [5.74, 6) is -0.634. The van der Waals surface area contributed by atoms with Crippen LogP contribution in [0, 0.1) is 12.7 Å². The number of benzene rings is 2. The highest BCUT2D eigenvalue weighted by molar-refractivity contribution is 7.89. The molecule has 0 unspecified atom stereocenters. The van der Waals surface area contributed by atoms with Crippen molar-refractivity contribution in [1.82, 2.24) is 10.0 Å². The average molecular weight is 364 g/mol. The molecule has 0 atom stereocenters. The van der Waals surface area contributed by atoms with Crippen LogP contribution in [0.1, 0.15) is 24.0 Å². The van der Waals surface area contributed by atoms with E-state index in [1.807, 2.05) is 31.2 Å². The largest absolute Gasteiger partial charge is 0.352 e. The first-order valence-electron chi connectivity index (χ1n) is 7.94. The Hall–Kier alpha value is -2.25. The standard InChI is InChI=1S/C18H21FN2O3S/c1-14-4-6-15(7-5-14)13-20-18(22)3-2-12-21-25(23,24)17-10-8-16(19)9-11-17/h4-11,21H,2-3,12-13H2,1H3,(H,20,22). The van der Waals surface area contributed by atoms with E-state index in [1.165, 1.54) is 12.1 Å². The van der Waals surface area contributed by atoms with Crippen LogP contribution in [0.15, 0.2) is 53.4 Å². The highest BCUT2D eigenvalue weighted by Gasteiger charge is 2.13. The smallest absolute Gasteiger partial charge is 0.240 e. The molecule has 0 aliphatic carbocycles. The molecule has 0 heterocycles. The van der Waals surface area contributed by atoms with Gasteiger partial charge in [0.15, 0.2) is 0 Å². The lowest BCUT2D eigenvalue weighted by molar-refractivity contribution is -0.121. The fourth-order valence-corrected chi connectivity index (χ4v) is 3.22. The number of amides is 1. The number of carbonyl (C=O) groups excluding carboxylic acids is 1. The van der Waals surface area contributed by atoms with E-state index in [0.29, 0.717) is 13.0 Å². The van der Waals surface area contributed by atoms with Gasteiger partial charge in [0.1, 0.15) is 5.82 Å². The monoisotopic (exact) mass is 364 g/mol. The van der Waals surface area contributed by atoms with Gasteiger partial charge in [-0.3, -0.25) is 4.79 Å². The summed E-state index contributed by atoms with van der Waals surface area (Å²) in [7, 11) is -3.68. The summed E-state index contributed by atoms with van der Waals surface area (Å²) < 4.78 is 39.2. The number of aryl methyl sites for hydroxylation is 1. The Kier molecular flexibility index (Phi) is 6.66. The Labute approximate surface area is 147 Å². The van der Waals surface area contributed by atoms with E-state index in [4.69, 9.17) is 0 Å². The number of sulfonamides is 1. The van der Waals surface area contributed by atoms with Crippen LogP contribution < -0.4 is 10.0 Å². The van der Waals surface area contributed by atoms with Gasteiger partial charge in [0.25, 0.3) is 0 Å². The second kappa shape index (κ2) is 8.73. The van der Waals surface area contributed by atoms with E-state index in [-0.39, 0.29) is 23.8 Å². The molecule has 0 saturated carbocycles. The van der Waals surface area contributed by atoms with E-state index in [0.717, 1.165) is 23.3 Å². The van der Waals surface area contributed by atoms with Crippen molar-refractivity contribution in [3.8, 4) is 0 Å². The minimum atomic E-state index is -3.68. The molecule has 134 valence electrons. The SMILES string of the molecule is Cc1ccc(CNC(=O)CCCNS(=O)(=O)c2ccc(F)cc2)cc1. The minimum absolute atomic E-state index is 0.00211. The van der Waals surface area contributed by atoms with Crippen molar-refractivity contribution in [2.24, 2.45) is 0 Å². The van der Waals surface area contributed by atoms with E-state index in [1.54, 1.807) is 0 Å². The predicted molar refractivity (Wildman–Crippen MR) is 93.8 cm³/mol. The number of halogens is 1. The quantitative estimate of drug-likeness (QED) is 0.707. The average Bonchev–Trinajstić information content (AvgIpc) is 2.59. The first kappa shape index (κ1) is 19.1. The molecule has 5 nitrogen and oxygen atoms in total. The van der Waals surface area contributed by atoms with Gasteiger partial charge in [0.05, 0.1) is 4.90 Å². The Morgan fingerprint density at radius 2 is 1.68 bits per heavy atom. The van der Waals surface area contributed by atoms with Crippen molar-refractivity contribution in [2.75, 3.05) is 6.54 Å². The molecule has 0 fully saturated rings. The number of rotatable bonds is 8. The van der Waals surface area contributed by atoms with Crippen LogP contribution in [0.3, 0.4) is 0 Å². The fraction of sp³-hybridized carbons (Fsp3) is 0.278. The molecule has 2 rings (SSSR count). The highest BCUT2D eigenvalue weighted by Crippen LogP contribution is 2.09. The second-order valence-electron chi connectivity index (χ2n) is 5.72. The second-order valence-corrected chi connectivity index (χ2v) is 7.48. The zero-order chi connectivity index (χ0) is 18.3. The number of nitrogens with one attached hydrogen (secondary N) is 2. The van der Waals surface area contributed by atoms with Gasteiger partial charge in [-0.05, 0) is 43.2 Å². The topological polar surface area (TPSA) is 75.3 Å². The third-order valence-corrected chi connectivity index (χ3v) is 5.08. The zero-order valence-electron chi connectivity index (χ0n) is 14.0. The van der Waals surface area contributed by atoms with Crippen molar-refractivity contribution in [3.63, 3.8) is 0 Å². The van der Waals surface area contributed by atoms with Crippen LogP contribution in [0.5, 0.6) is 0 Å². The molecular formula is C18H21FN2O3S. The van der Waals surface area contributed by atoms with Crippen LogP contribution >= 0.6 is 0 Å². The molecule has 0 radical (unpaired) electrons. The molecule has 0 aliphatic rings. The maximum absolute atomic E-state index is 12.8. The van der Waals surface area contributed by atoms with Crippen molar-refractivity contribution in [1.29, 1.82) is 0 Å². The van der Waals surface area contributed by atoms with Gasteiger partial charge in [0.2, 0.25) is 15.9 Å². The zero-order valence-corrected chi connectivity index (χ0v) is 14.8. The summed E-state index contributed by atoms with van der Waals surface area (Å²) >= 11 is 0. The van der Waals surface area contributed by atoms with Crippen LogP contribution in [0.4, 0.5) is 4.39 Å². The Morgan fingerprint density at radius 1 is 1.04 bits per heavy atom. The van der Waals surface area contributed by atoms with E-state index in [9.17, 15) is 17.6 Å². The molecule has 0 spiro atoms. The van der Waals surface area contributed by atoms with E-state index >= 15 is 0 Å². The van der Waals surface area contributed by atoms with Crippen molar-refractivity contribution in [3.05, 3.63) is 65.5 Å². The van der Waals surface area contributed by atoms with Gasteiger partial charge in [-0.2, -0.15) is 0 Å². The summed E-state index contributed by atoms with van der Waals surface area (Å²) in [6.07, 6.45) is 0.595. The predicted octanol–water partition coefficient (Wildman–Crippen LogP) is 2.51. The first-order valence-corrected chi connectivity index (χ1v) is 9.42. The molecule has 0 aliphatic heterocycles. The molecule has 1 amide bonds. The Morgan fingerprint density at radius 3 is 2.32 bits per heavy atom. The highest BCUT2D eigenvalue weighted by atomic mass is 32.2. The molecule has 0 bridgehead atoms. The van der Waals surface area contributed by atoms with Gasteiger partial charge in [0, 0.05) is 19.5 Å². The van der Waals surface area contributed by atoms with Gasteiger partial charge in [-0.1, -0.05) is 29.8 Å². The Bertz CT molecular complexity index is 803. The van der Waals surface area contributed by atoms with Crippen LogP contribution in [0.2, 0.25) is 0 Å². The maximum atomic E-state index is 12.8. The maximum Gasteiger partial charge on any atom is 0.240 e. The lowest BCUT2D eigenvalue weighted by Crippen LogP contribution is -2.27. The summed E-state index contributed by atoms with van der Waals surface area (Å²) in [6, 6.07) is 12.4. The van der Waals surface area contributed by atoms with Gasteiger partial charge >= 0.3 is 0 Å². The fourth-order valence-electron chi connectivity index (χ4n) is 2.15. The van der Waals surface area contributed by atoms with Crippen molar-refractivity contribution in [2.45, 2.75) is 31.2 Å². The van der Waals surface area contributed by atoms with Crippen LogP contribution in [-0.4, -0.2) is 20.9 Å². The molecule has 7 heteroatoms. The van der Waals surface area contributed by atoms with Crippen LogP contribution in [0.25, 0.3) is 0 Å². The summed E-state index contributed by atoms with van der Waals surface area (Å²) in [5, 5.41) is 2.80. The molecule has 2 N–H and O–H groups in total. The third kappa shape index (κ3) is 6.28. The lowest BCUT2D eigenvalue weighted by Gasteiger charge is -2.08. The molecule has 2 aromatic carbocycles. The Balaban J connectivity index is 1.70. The summed E-state index contributed by atoms with van der Waals surface area (Å²) in [6.45, 7) is 2.58. The number of hydrogen-bond donors (Lipinski definition) is 2. The van der Waals surface area contributed by atoms with Crippen molar-refractivity contribution >= 4 is 15.9 Å². The van der Waals surface area contributed by atoms with Gasteiger partial charge in [-0.15, -0.1) is 0 Å². The summed E-state index contributed by atoms with van der Waals surface area (Å²) in [5.41, 5.74) is 2.17. The van der Waals surface area contributed by atoms with Crippen LogP contribution in [-0.2, 0) is 21.4 Å². The molecular weight excluding hydrogens is 343 g/mol. The van der Waals surface area contributed by atoms with E-state index < -0.39 is 15.8 Å². The number of carbonyl (C=O) groups is 1. The molecule has 25 heavy (non-hydrogen) atoms. The first-order chi connectivity index (χ1) is 11.9. The third-order valence-electron chi connectivity index (χ3n) is 3.61. The molecule has 0 saturated heterocycles. The van der Waals surface area contributed by atoms with Gasteiger partial charge in [-0.25, -0.2) is 17.5 Å². The minimum Gasteiger partial charge on any atom is -0.352 e. The molecule has 0 aromatic heterocycles. The van der Waals surface area contributed by atoms with E-state index in [2.05, 4.69) is 10.0 Å².